The molecule has 2 N–H and O–H groups in total. The van der Waals surface area contributed by atoms with Gasteiger partial charge in [-0.05, 0) is 30.5 Å². The predicted octanol–water partition coefficient (Wildman–Crippen LogP) is 1.37. The molecule has 88 valence electrons. The summed E-state index contributed by atoms with van der Waals surface area (Å²) in [5.74, 6) is 0.239. The van der Waals surface area contributed by atoms with Crippen LogP contribution in [0.3, 0.4) is 0 Å². The molecular formula is C11H16N2O2S. The number of anilines is 2. The Morgan fingerprint density at radius 1 is 1.44 bits per heavy atom. The van der Waals surface area contributed by atoms with Crippen molar-refractivity contribution in [1.82, 2.24) is 0 Å². The normalized spacial score (nSPS) is 18.9. The molecule has 0 saturated carbocycles. The van der Waals surface area contributed by atoms with E-state index in [1.165, 1.54) is 4.31 Å². The summed E-state index contributed by atoms with van der Waals surface area (Å²) in [6.45, 7) is 2.59. The number of nitrogens with zero attached hydrogens (tertiary/aromatic N) is 1. The van der Waals surface area contributed by atoms with Gasteiger partial charge in [-0.3, -0.25) is 4.31 Å². The maximum Gasteiger partial charge on any atom is 0.235 e. The van der Waals surface area contributed by atoms with Crippen molar-refractivity contribution in [1.29, 1.82) is 0 Å². The molecule has 1 fully saturated rings. The monoisotopic (exact) mass is 240 g/mol. The molecule has 0 aliphatic carbocycles. The van der Waals surface area contributed by atoms with Crippen molar-refractivity contribution in [2.45, 2.75) is 19.8 Å². The predicted molar refractivity (Wildman–Crippen MR) is 66.0 cm³/mol. The first kappa shape index (κ1) is 11.3. The van der Waals surface area contributed by atoms with E-state index in [-0.39, 0.29) is 5.75 Å². The fraction of sp³-hybridized carbons (Fsp3) is 0.455. The van der Waals surface area contributed by atoms with Gasteiger partial charge in [0, 0.05) is 12.2 Å². The second-order valence-corrected chi connectivity index (χ2v) is 5.99. The van der Waals surface area contributed by atoms with Gasteiger partial charge in [-0.1, -0.05) is 13.0 Å². The Morgan fingerprint density at radius 2 is 2.19 bits per heavy atom. The molecule has 1 aliphatic rings. The van der Waals surface area contributed by atoms with E-state index in [2.05, 4.69) is 0 Å². The van der Waals surface area contributed by atoms with Crippen LogP contribution in [0.15, 0.2) is 18.2 Å². The summed E-state index contributed by atoms with van der Waals surface area (Å²) in [7, 11) is -3.10. The van der Waals surface area contributed by atoms with Gasteiger partial charge in [-0.25, -0.2) is 8.42 Å². The van der Waals surface area contributed by atoms with Crippen LogP contribution in [0.25, 0.3) is 0 Å². The third-order valence-electron chi connectivity index (χ3n) is 2.90. The molecule has 0 spiro atoms. The molecule has 0 bridgehead atoms. The second-order valence-electron chi connectivity index (χ2n) is 3.98. The summed E-state index contributed by atoms with van der Waals surface area (Å²) in [5.41, 5.74) is 8.28. The largest absolute Gasteiger partial charge is 0.398 e. The number of benzene rings is 1. The maximum atomic E-state index is 11.7. The smallest absolute Gasteiger partial charge is 0.235 e. The van der Waals surface area contributed by atoms with Gasteiger partial charge in [-0.2, -0.15) is 0 Å². The van der Waals surface area contributed by atoms with Gasteiger partial charge in [0.05, 0.1) is 11.4 Å². The SMILES string of the molecule is CCc1ccc(N2CCCS2(=O)=O)cc1N. The molecule has 5 heteroatoms. The highest BCUT2D eigenvalue weighted by molar-refractivity contribution is 7.93. The number of hydrogen-bond acceptors (Lipinski definition) is 3. The van der Waals surface area contributed by atoms with Crippen LogP contribution >= 0.6 is 0 Å². The molecule has 16 heavy (non-hydrogen) atoms. The first-order chi connectivity index (χ1) is 7.54. The van der Waals surface area contributed by atoms with Crippen molar-refractivity contribution in [3.63, 3.8) is 0 Å². The van der Waals surface area contributed by atoms with Crippen LogP contribution in [0.1, 0.15) is 18.9 Å². The van der Waals surface area contributed by atoms with E-state index in [1.807, 2.05) is 19.1 Å². The number of rotatable bonds is 2. The minimum Gasteiger partial charge on any atom is -0.398 e. The van der Waals surface area contributed by atoms with Gasteiger partial charge >= 0.3 is 0 Å². The first-order valence-corrected chi connectivity index (χ1v) is 7.04. The van der Waals surface area contributed by atoms with E-state index in [4.69, 9.17) is 5.73 Å². The second kappa shape index (κ2) is 3.97. The summed E-state index contributed by atoms with van der Waals surface area (Å²) >= 11 is 0. The standard InChI is InChI=1S/C11H16N2O2S/c1-2-9-4-5-10(8-11(9)12)13-6-3-7-16(13,14)15/h4-5,8H,2-3,6-7,12H2,1H3. The molecule has 1 saturated heterocycles. The lowest BCUT2D eigenvalue weighted by Crippen LogP contribution is -2.25. The zero-order valence-corrected chi connectivity index (χ0v) is 10.1. The molecule has 1 aromatic carbocycles. The Morgan fingerprint density at radius 3 is 2.69 bits per heavy atom. The Kier molecular flexibility index (Phi) is 2.80. The summed E-state index contributed by atoms with van der Waals surface area (Å²) < 4.78 is 24.9. The lowest BCUT2D eigenvalue weighted by Gasteiger charge is -2.18. The topological polar surface area (TPSA) is 63.4 Å². The summed E-state index contributed by atoms with van der Waals surface area (Å²) in [5, 5.41) is 0. The van der Waals surface area contributed by atoms with Gasteiger partial charge in [-0.15, -0.1) is 0 Å². The van der Waals surface area contributed by atoms with E-state index in [9.17, 15) is 8.42 Å². The molecule has 1 aromatic rings. The van der Waals surface area contributed by atoms with Crippen molar-refractivity contribution in [2.75, 3.05) is 22.3 Å². The highest BCUT2D eigenvalue weighted by Gasteiger charge is 2.28. The fourth-order valence-electron chi connectivity index (χ4n) is 1.99. The van der Waals surface area contributed by atoms with Crippen molar-refractivity contribution < 1.29 is 8.42 Å². The van der Waals surface area contributed by atoms with E-state index in [0.717, 1.165) is 12.0 Å². The molecule has 0 amide bonds. The number of nitrogen functional groups attached to an aromatic ring is 1. The number of aryl methyl sites for hydroxylation is 1. The van der Waals surface area contributed by atoms with E-state index in [1.54, 1.807) is 6.07 Å². The van der Waals surface area contributed by atoms with Crippen LogP contribution < -0.4 is 10.0 Å². The molecule has 0 atom stereocenters. The van der Waals surface area contributed by atoms with Crippen LogP contribution in [-0.4, -0.2) is 20.7 Å². The highest BCUT2D eigenvalue weighted by atomic mass is 32.2. The van der Waals surface area contributed by atoms with Gasteiger partial charge < -0.3 is 5.73 Å². The average Bonchev–Trinajstić information content (AvgIpc) is 2.58. The van der Waals surface area contributed by atoms with Crippen LogP contribution in [0.4, 0.5) is 11.4 Å². The third kappa shape index (κ3) is 1.87. The zero-order valence-electron chi connectivity index (χ0n) is 9.31. The zero-order chi connectivity index (χ0) is 11.8. The van der Waals surface area contributed by atoms with Crippen molar-refractivity contribution in [2.24, 2.45) is 0 Å². The maximum absolute atomic E-state index is 11.7. The third-order valence-corrected chi connectivity index (χ3v) is 4.77. The van der Waals surface area contributed by atoms with Gasteiger partial charge in [0.2, 0.25) is 10.0 Å². The van der Waals surface area contributed by atoms with Crippen molar-refractivity contribution >= 4 is 21.4 Å². The van der Waals surface area contributed by atoms with Gasteiger partial charge in [0.15, 0.2) is 0 Å². The summed E-state index contributed by atoms with van der Waals surface area (Å²) in [6, 6.07) is 5.48. The van der Waals surface area contributed by atoms with Crippen LogP contribution in [0.5, 0.6) is 0 Å². The Bertz CT molecular complexity index is 497. The molecule has 4 nitrogen and oxygen atoms in total. The molecule has 2 rings (SSSR count). The number of nitrogens with two attached hydrogens (primary N) is 1. The van der Waals surface area contributed by atoms with Gasteiger partial charge in [0.25, 0.3) is 0 Å². The molecule has 1 heterocycles. The number of sulfonamides is 1. The summed E-state index contributed by atoms with van der Waals surface area (Å²) in [4.78, 5) is 0. The fourth-order valence-corrected chi connectivity index (χ4v) is 3.55. The van der Waals surface area contributed by atoms with Crippen LogP contribution in [0, 0.1) is 0 Å². The van der Waals surface area contributed by atoms with E-state index < -0.39 is 10.0 Å². The number of hydrogen-bond donors (Lipinski definition) is 1. The average molecular weight is 240 g/mol. The minimum absolute atomic E-state index is 0.239. The highest BCUT2D eigenvalue weighted by Crippen LogP contribution is 2.27. The summed E-state index contributed by atoms with van der Waals surface area (Å²) in [6.07, 6.45) is 1.55. The minimum atomic E-state index is -3.10. The Labute approximate surface area is 96.1 Å². The van der Waals surface area contributed by atoms with Crippen LogP contribution in [0.2, 0.25) is 0 Å². The Balaban J connectivity index is 2.39. The Hall–Kier alpha value is -1.23. The molecule has 0 radical (unpaired) electrons. The van der Waals surface area contributed by atoms with Crippen molar-refractivity contribution in [3.8, 4) is 0 Å². The molecule has 1 aliphatic heterocycles. The lowest BCUT2D eigenvalue weighted by molar-refractivity contribution is 0.599. The van der Waals surface area contributed by atoms with E-state index >= 15 is 0 Å². The van der Waals surface area contributed by atoms with E-state index in [0.29, 0.717) is 24.3 Å². The van der Waals surface area contributed by atoms with Crippen LogP contribution in [-0.2, 0) is 16.4 Å². The molecule has 0 aromatic heterocycles. The molecule has 0 unspecified atom stereocenters. The lowest BCUT2D eigenvalue weighted by atomic mass is 10.1. The quantitative estimate of drug-likeness (QED) is 0.794. The molecular weight excluding hydrogens is 224 g/mol. The van der Waals surface area contributed by atoms with Gasteiger partial charge in [0.1, 0.15) is 0 Å². The van der Waals surface area contributed by atoms with Crippen molar-refractivity contribution in [3.05, 3.63) is 23.8 Å². The first-order valence-electron chi connectivity index (χ1n) is 5.43.